The smallest absolute Gasteiger partial charge is 0.145 e. The Morgan fingerprint density at radius 3 is 2.68 bits per heavy atom. The molecule has 6 heteroatoms. The van der Waals surface area contributed by atoms with Crippen LogP contribution in [0.4, 0.5) is 0 Å². The Morgan fingerprint density at radius 1 is 1.28 bits per heavy atom. The van der Waals surface area contributed by atoms with E-state index in [-0.39, 0.29) is 18.4 Å². The second kappa shape index (κ2) is 7.27. The molecule has 0 saturated heterocycles. The molecule has 0 fully saturated rings. The van der Waals surface area contributed by atoms with Crippen molar-refractivity contribution in [2.75, 3.05) is 0 Å². The molecule has 1 atom stereocenters. The number of aromatic nitrogens is 3. The first kappa shape index (κ1) is 16.9. The summed E-state index contributed by atoms with van der Waals surface area (Å²) in [7, 11) is 0. The Bertz CT molecular complexity index is 871. The van der Waals surface area contributed by atoms with E-state index in [0.717, 1.165) is 11.3 Å². The summed E-state index contributed by atoms with van der Waals surface area (Å²) in [5.74, 6) is 0.0537. The van der Waals surface area contributed by atoms with Crippen molar-refractivity contribution in [2.24, 2.45) is 4.99 Å². The molecule has 2 N–H and O–H groups in total. The minimum Gasteiger partial charge on any atom is -0.505 e. The second-order valence-electron chi connectivity index (χ2n) is 5.80. The fourth-order valence-electron chi connectivity index (χ4n) is 2.53. The molecule has 0 aliphatic carbocycles. The standard InChI is InChI=1S/C19H20N4O2/c1-13(15-3-5-17(6-4-15)23-8-7-20-12-23)22-10-18-16(11-24)9-21-14(2)19(18)25/h3-10,12-13,24-25H,11H2,1-2H3/t13-/m0/s1. The van der Waals surface area contributed by atoms with Gasteiger partial charge in [-0.3, -0.25) is 9.98 Å². The Labute approximate surface area is 146 Å². The minimum absolute atomic E-state index is 0.0537. The Hall–Kier alpha value is -2.99. The quantitative estimate of drug-likeness (QED) is 0.702. The number of aryl methyl sites for hydroxylation is 1. The summed E-state index contributed by atoms with van der Waals surface area (Å²) in [5, 5.41) is 19.6. The highest BCUT2D eigenvalue weighted by molar-refractivity contribution is 5.85. The average molecular weight is 336 g/mol. The van der Waals surface area contributed by atoms with Crippen LogP contribution in [0.25, 0.3) is 5.69 Å². The van der Waals surface area contributed by atoms with Crippen molar-refractivity contribution < 1.29 is 10.2 Å². The number of nitrogens with zero attached hydrogens (tertiary/aromatic N) is 4. The first-order chi connectivity index (χ1) is 12.1. The molecule has 1 aromatic carbocycles. The van der Waals surface area contributed by atoms with E-state index < -0.39 is 0 Å². The summed E-state index contributed by atoms with van der Waals surface area (Å²) in [4.78, 5) is 12.6. The normalized spacial score (nSPS) is 12.6. The number of hydrogen-bond donors (Lipinski definition) is 2. The van der Waals surface area contributed by atoms with E-state index in [2.05, 4.69) is 15.0 Å². The van der Waals surface area contributed by atoms with E-state index in [1.165, 1.54) is 0 Å². The molecule has 6 nitrogen and oxygen atoms in total. The van der Waals surface area contributed by atoms with Gasteiger partial charge in [-0.2, -0.15) is 0 Å². The van der Waals surface area contributed by atoms with Crippen LogP contribution >= 0.6 is 0 Å². The van der Waals surface area contributed by atoms with Gasteiger partial charge in [0.1, 0.15) is 5.75 Å². The van der Waals surface area contributed by atoms with Crippen LogP contribution in [0.2, 0.25) is 0 Å². The highest BCUT2D eigenvalue weighted by atomic mass is 16.3. The van der Waals surface area contributed by atoms with Crippen LogP contribution in [-0.2, 0) is 6.61 Å². The van der Waals surface area contributed by atoms with Gasteiger partial charge in [-0.1, -0.05) is 12.1 Å². The molecular formula is C19H20N4O2. The van der Waals surface area contributed by atoms with Crippen molar-refractivity contribution in [3.8, 4) is 11.4 Å². The second-order valence-corrected chi connectivity index (χ2v) is 5.80. The molecule has 0 bridgehead atoms. The SMILES string of the molecule is Cc1ncc(CO)c(C=N[C@@H](C)c2ccc(-n3ccnc3)cc2)c1O. The lowest BCUT2D eigenvalue weighted by atomic mass is 10.1. The van der Waals surface area contributed by atoms with Gasteiger partial charge >= 0.3 is 0 Å². The summed E-state index contributed by atoms with van der Waals surface area (Å²) < 4.78 is 1.93. The summed E-state index contributed by atoms with van der Waals surface area (Å²) in [5.41, 5.74) is 3.65. The molecule has 2 heterocycles. The number of aliphatic imine (C=N–C) groups is 1. The van der Waals surface area contributed by atoms with Crippen molar-refractivity contribution in [3.05, 3.63) is 71.6 Å². The average Bonchev–Trinajstić information content (AvgIpc) is 3.17. The zero-order chi connectivity index (χ0) is 17.8. The lowest BCUT2D eigenvalue weighted by Crippen LogP contribution is -1.99. The number of aliphatic hydroxyl groups is 1. The lowest BCUT2D eigenvalue weighted by molar-refractivity contribution is 0.280. The van der Waals surface area contributed by atoms with Crippen LogP contribution in [0.3, 0.4) is 0 Å². The highest BCUT2D eigenvalue weighted by Gasteiger charge is 2.10. The van der Waals surface area contributed by atoms with Crippen LogP contribution < -0.4 is 0 Å². The minimum atomic E-state index is -0.198. The molecular weight excluding hydrogens is 316 g/mol. The first-order valence-corrected chi connectivity index (χ1v) is 8.00. The fourth-order valence-corrected chi connectivity index (χ4v) is 2.53. The van der Waals surface area contributed by atoms with Gasteiger partial charge in [0.15, 0.2) is 0 Å². The van der Waals surface area contributed by atoms with Gasteiger partial charge in [0.25, 0.3) is 0 Å². The summed E-state index contributed by atoms with van der Waals surface area (Å²) in [6.45, 7) is 3.49. The van der Waals surface area contributed by atoms with E-state index in [1.807, 2.05) is 42.0 Å². The van der Waals surface area contributed by atoms with Gasteiger partial charge in [0.05, 0.1) is 24.7 Å². The molecule has 0 aliphatic heterocycles. The van der Waals surface area contributed by atoms with Crippen molar-refractivity contribution in [1.82, 2.24) is 14.5 Å². The van der Waals surface area contributed by atoms with Gasteiger partial charge in [-0.25, -0.2) is 4.98 Å². The van der Waals surface area contributed by atoms with Crippen molar-refractivity contribution >= 4 is 6.21 Å². The number of pyridine rings is 1. The van der Waals surface area contributed by atoms with Gasteiger partial charge in [-0.15, -0.1) is 0 Å². The number of benzene rings is 1. The fraction of sp³-hybridized carbons (Fsp3) is 0.211. The van der Waals surface area contributed by atoms with Crippen molar-refractivity contribution in [3.63, 3.8) is 0 Å². The molecule has 0 aliphatic rings. The zero-order valence-corrected chi connectivity index (χ0v) is 14.2. The first-order valence-electron chi connectivity index (χ1n) is 8.00. The summed E-state index contributed by atoms with van der Waals surface area (Å²) in [6.07, 6.45) is 8.54. The molecule has 0 amide bonds. The largest absolute Gasteiger partial charge is 0.505 e. The molecule has 0 spiro atoms. The van der Waals surface area contributed by atoms with Gasteiger partial charge in [0, 0.05) is 41.6 Å². The number of imidazole rings is 1. The molecule has 25 heavy (non-hydrogen) atoms. The molecule has 128 valence electrons. The van der Waals surface area contributed by atoms with Crippen molar-refractivity contribution in [2.45, 2.75) is 26.5 Å². The maximum atomic E-state index is 10.2. The molecule has 3 aromatic rings. The van der Waals surface area contributed by atoms with Gasteiger partial charge in [-0.05, 0) is 31.5 Å². The third kappa shape index (κ3) is 3.59. The van der Waals surface area contributed by atoms with E-state index in [4.69, 9.17) is 0 Å². The van der Waals surface area contributed by atoms with Crippen LogP contribution in [-0.4, -0.2) is 31.0 Å². The topological polar surface area (TPSA) is 83.5 Å². The monoisotopic (exact) mass is 336 g/mol. The number of hydrogen-bond acceptors (Lipinski definition) is 5. The maximum Gasteiger partial charge on any atom is 0.145 e. The Morgan fingerprint density at radius 2 is 2.04 bits per heavy atom. The van der Waals surface area contributed by atoms with E-state index in [9.17, 15) is 10.2 Å². The Kier molecular flexibility index (Phi) is 4.90. The zero-order valence-electron chi connectivity index (χ0n) is 14.2. The third-order valence-electron chi connectivity index (χ3n) is 4.13. The molecule has 0 unspecified atom stereocenters. The molecule has 2 aromatic heterocycles. The summed E-state index contributed by atoms with van der Waals surface area (Å²) in [6, 6.07) is 7.97. The predicted molar refractivity (Wildman–Crippen MR) is 96.1 cm³/mol. The van der Waals surface area contributed by atoms with Crippen LogP contribution in [0.15, 0.2) is 54.2 Å². The van der Waals surface area contributed by atoms with Gasteiger partial charge in [0.2, 0.25) is 0 Å². The van der Waals surface area contributed by atoms with Crippen LogP contribution in [0.5, 0.6) is 5.75 Å². The number of aliphatic hydroxyl groups excluding tert-OH is 1. The van der Waals surface area contributed by atoms with Crippen LogP contribution in [0, 0.1) is 6.92 Å². The van der Waals surface area contributed by atoms with Crippen molar-refractivity contribution in [1.29, 1.82) is 0 Å². The molecule has 3 rings (SSSR count). The molecule has 0 saturated carbocycles. The predicted octanol–water partition coefficient (Wildman–Crippen LogP) is 2.95. The van der Waals surface area contributed by atoms with E-state index >= 15 is 0 Å². The lowest BCUT2D eigenvalue weighted by Gasteiger charge is -2.10. The van der Waals surface area contributed by atoms with Crippen LogP contribution in [0.1, 0.15) is 35.3 Å². The number of rotatable bonds is 5. The van der Waals surface area contributed by atoms with E-state index in [1.54, 1.807) is 31.9 Å². The summed E-state index contributed by atoms with van der Waals surface area (Å²) >= 11 is 0. The van der Waals surface area contributed by atoms with E-state index in [0.29, 0.717) is 16.8 Å². The molecule has 0 radical (unpaired) electrons. The maximum absolute atomic E-state index is 10.2. The third-order valence-corrected chi connectivity index (χ3v) is 4.13. The van der Waals surface area contributed by atoms with Gasteiger partial charge < -0.3 is 14.8 Å². The Balaban J connectivity index is 1.81. The highest BCUT2D eigenvalue weighted by Crippen LogP contribution is 2.24. The number of aromatic hydroxyl groups is 1.